The Labute approximate surface area is 641 Å². The largest absolute Gasteiger partial charge is 0.309 e. The summed E-state index contributed by atoms with van der Waals surface area (Å²) >= 11 is 10.6. The summed E-state index contributed by atoms with van der Waals surface area (Å²) < 4.78 is 10.4. The number of nitrogens with zero attached hydrogens (tertiary/aromatic N) is 3. The lowest BCUT2D eigenvalue weighted by atomic mass is 9.98. The number of halogens is 3. The summed E-state index contributed by atoms with van der Waals surface area (Å²) in [6.07, 6.45) is 0. The molecular formula is C100H66Br3N3. The SMILES string of the molecule is Brc1ccc(-c2cccc(-c3ccc4c(c3)c3ccccc3n4-c3ccc(-c4ccccc4)cc3)c2)cc1.Brc1ccc(-c2cccc(-c3ccc4c(c3)c3ccccc3n4-c3ccc4ccccc4c3)c2)cc1.Brc1ccc(-c2cccc(-c3ccc4c(c3)c3ccccc3n4-c3ccccc3)c2)cc1. The van der Waals surface area contributed by atoms with Crippen LogP contribution in [-0.2, 0) is 0 Å². The van der Waals surface area contributed by atoms with Crippen LogP contribution >= 0.6 is 47.8 Å². The second-order valence-electron chi connectivity index (χ2n) is 26.8. The predicted molar refractivity (Wildman–Crippen MR) is 461 cm³/mol. The van der Waals surface area contributed by atoms with E-state index in [2.05, 4.69) is 462 Å². The van der Waals surface area contributed by atoms with E-state index in [9.17, 15) is 0 Å². The molecule has 0 fully saturated rings. The first-order chi connectivity index (χ1) is 52.3. The lowest BCUT2D eigenvalue weighted by Gasteiger charge is -2.10. The van der Waals surface area contributed by atoms with Crippen LogP contribution in [0.2, 0.25) is 0 Å². The zero-order valence-electron chi connectivity index (χ0n) is 57.6. The molecule has 502 valence electrons. The summed E-state index contributed by atoms with van der Waals surface area (Å²) in [6, 6.07) is 144. The third-order valence-electron chi connectivity index (χ3n) is 20.4. The number of benzene rings is 17. The number of para-hydroxylation sites is 4. The number of aromatic nitrogens is 3. The molecule has 0 amide bonds. The van der Waals surface area contributed by atoms with Gasteiger partial charge in [0, 0.05) is 62.8 Å². The van der Waals surface area contributed by atoms with E-state index in [1.165, 1.54) is 171 Å². The minimum Gasteiger partial charge on any atom is -0.309 e. The van der Waals surface area contributed by atoms with Crippen LogP contribution in [0.25, 0.3) is 171 Å². The fourth-order valence-corrected chi connectivity index (χ4v) is 16.0. The average Bonchev–Trinajstić information content (AvgIpc) is 1.60. The maximum atomic E-state index is 3.54. The van der Waals surface area contributed by atoms with Crippen LogP contribution in [0.4, 0.5) is 0 Å². The quantitative estimate of drug-likeness (QED) is 0.130. The number of hydrogen-bond donors (Lipinski definition) is 0. The van der Waals surface area contributed by atoms with Crippen molar-refractivity contribution in [2.24, 2.45) is 0 Å². The van der Waals surface area contributed by atoms with Gasteiger partial charge in [0.15, 0.2) is 0 Å². The number of hydrogen-bond acceptors (Lipinski definition) is 0. The highest BCUT2D eigenvalue weighted by molar-refractivity contribution is 9.11. The maximum absolute atomic E-state index is 3.54. The molecule has 0 bridgehead atoms. The molecule has 17 aromatic carbocycles. The first-order valence-corrected chi connectivity index (χ1v) is 38.0. The molecule has 3 heterocycles. The summed E-state index contributed by atoms with van der Waals surface area (Å²) in [6.45, 7) is 0. The van der Waals surface area contributed by atoms with Crippen molar-refractivity contribution >= 4 is 124 Å². The zero-order valence-corrected chi connectivity index (χ0v) is 62.3. The van der Waals surface area contributed by atoms with Crippen molar-refractivity contribution in [2.45, 2.75) is 0 Å². The third-order valence-corrected chi connectivity index (χ3v) is 22.0. The highest BCUT2D eigenvalue weighted by atomic mass is 79.9. The normalized spacial score (nSPS) is 11.3. The van der Waals surface area contributed by atoms with Crippen LogP contribution in [0.15, 0.2) is 414 Å². The predicted octanol–water partition coefficient (Wildman–Crippen LogP) is 29.5. The minimum atomic E-state index is 1.09. The van der Waals surface area contributed by atoms with Crippen molar-refractivity contribution in [3.63, 3.8) is 0 Å². The van der Waals surface area contributed by atoms with Crippen LogP contribution < -0.4 is 0 Å². The summed E-state index contributed by atoms with van der Waals surface area (Å²) in [5.41, 5.74) is 28.0. The van der Waals surface area contributed by atoms with Crippen molar-refractivity contribution in [2.75, 3.05) is 0 Å². The molecule has 3 aromatic heterocycles. The molecule has 0 N–H and O–H groups in total. The van der Waals surface area contributed by atoms with Crippen molar-refractivity contribution in [3.05, 3.63) is 414 Å². The Balaban J connectivity index is 0.000000113. The molecule has 0 radical (unpaired) electrons. The molecule has 0 saturated heterocycles. The van der Waals surface area contributed by atoms with Crippen LogP contribution in [0, 0.1) is 0 Å². The van der Waals surface area contributed by atoms with E-state index in [4.69, 9.17) is 0 Å². The van der Waals surface area contributed by atoms with E-state index in [0.29, 0.717) is 0 Å². The van der Waals surface area contributed by atoms with E-state index < -0.39 is 0 Å². The van der Waals surface area contributed by atoms with Gasteiger partial charge in [-0.05, 0) is 234 Å². The highest BCUT2D eigenvalue weighted by Gasteiger charge is 2.18. The Hall–Kier alpha value is -12.2. The van der Waals surface area contributed by atoms with Crippen LogP contribution in [0.3, 0.4) is 0 Å². The standard InChI is InChI=1S/C36H24BrN.C34H22BrN.C30H20BrN/c37-31-18-13-27(14-19-31)28-9-6-10-29(23-28)30-17-22-36-34(24-30)33-11-4-5-12-35(33)38(36)32-20-15-26(16-21-32)25-7-2-1-3-8-25;35-29-16-12-24(13-17-29)25-8-5-9-26(20-25)28-15-19-34-32(22-28)31-10-3-4-11-33(31)36(34)30-18-14-23-6-1-2-7-27(23)21-30;31-25-16-13-21(14-17-25)22-7-6-8-23(19-22)24-15-18-30-28(20-24)27-11-4-5-12-29(27)32(30)26-9-2-1-3-10-26/h1-24H;1-22H;1-20H. The van der Waals surface area contributed by atoms with E-state index in [-0.39, 0.29) is 0 Å². The van der Waals surface area contributed by atoms with Gasteiger partial charge in [0.2, 0.25) is 0 Å². The van der Waals surface area contributed by atoms with Gasteiger partial charge in [-0.3, -0.25) is 0 Å². The van der Waals surface area contributed by atoms with E-state index in [0.717, 1.165) is 13.4 Å². The Morgan fingerprint density at radius 3 is 0.802 bits per heavy atom. The second kappa shape index (κ2) is 28.8. The lowest BCUT2D eigenvalue weighted by Crippen LogP contribution is -1.93. The van der Waals surface area contributed by atoms with Crippen molar-refractivity contribution in [1.29, 1.82) is 0 Å². The minimum absolute atomic E-state index is 1.09. The van der Waals surface area contributed by atoms with E-state index >= 15 is 0 Å². The zero-order chi connectivity index (χ0) is 71.0. The van der Waals surface area contributed by atoms with Gasteiger partial charge in [-0.1, -0.05) is 303 Å². The molecule has 0 spiro atoms. The molecule has 3 nitrogen and oxygen atoms in total. The van der Waals surface area contributed by atoms with Crippen molar-refractivity contribution in [1.82, 2.24) is 13.7 Å². The second-order valence-corrected chi connectivity index (χ2v) is 29.5. The fraction of sp³-hybridized carbons (Fsp3) is 0. The smallest absolute Gasteiger partial charge is 0.0541 e. The molecule has 0 unspecified atom stereocenters. The van der Waals surface area contributed by atoms with Crippen molar-refractivity contribution in [3.8, 4) is 95.0 Å². The van der Waals surface area contributed by atoms with Crippen molar-refractivity contribution < 1.29 is 0 Å². The summed E-state index contributed by atoms with van der Waals surface area (Å²) in [4.78, 5) is 0. The molecule has 0 aliphatic rings. The van der Waals surface area contributed by atoms with Crippen LogP contribution in [0.5, 0.6) is 0 Å². The molecule has 20 rings (SSSR count). The highest BCUT2D eigenvalue weighted by Crippen LogP contribution is 2.41. The number of fused-ring (bicyclic) bond motifs is 10. The van der Waals surface area contributed by atoms with Gasteiger partial charge in [-0.15, -0.1) is 0 Å². The van der Waals surface area contributed by atoms with E-state index in [1.807, 2.05) is 0 Å². The Kier molecular flexibility index (Phi) is 17.9. The summed E-state index contributed by atoms with van der Waals surface area (Å²) in [5.74, 6) is 0. The van der Waals surface area contributed by atoms with Crippen LogP contribution in [-0.4, -0.2) is 13.7 Å². The fourth-order valence-electron chi connectivity index (χ4n) is 15.2. The Morgan fingerprint density at radius 1 is 0.142 bits per heavy atom. The van der Waals surface area contributed by atoms with Gasteiger partial charge in [-0.2, -0.15) is 0 Å². The Morgan fingerprint density at radius 2 is 0.396 bits per heavy atom. The van der Waals surface area contributed by atoms with Crippen LogP contribution in [0.1, 0.15) is 0 Å². The maximum Gasteiger partial charge on any atom is 0.0541 e. The summed E-state index contributed by atoms with van der Waals surface area (Å²) in [5, 5.41) is 10.1. The van der Waals surface area contributed by atoms with Gasteiger partial charge < -0.3 is 13.7 Å². The molecule has 0 atom stereocenters. The summed E-state index contributed by atoms with van der Waals surface area (Å²) in [7, 11) is 0. The molecule has 0 saturated carbocycles. The first-order valence-electron chi connectivity index (χ1n) is 35.7. The van der Waals surface area contributed by atoms with Gasteiger partial charge in [-0.25, -0.2) is 0 Å². The topological polar surface area (TPSA) is 14.8 Å². The number of rotatable bonds is 10. The average molecular weight is 1550 g/mol. The molecule has 0 aliphatic heterocycles. The van der Waals surface area contributed by atoms with E-state index in [1.54, 1.807) is 0 Å². The van der Waals surface area contributed by atoms with Gasteiger partial charge in [0.05, 0.1) is 33.1 Å². The molecule has 0 aliphatic carbocycles. The molecule has 6 heteroatoms. The van der Waals surface area contributed by atoms with Gasteiger partial charge >= 0.3 is 0 Å². The third kappa shape index (κ3) is 13.0. The Bertz CT molecular complexity index is 6630. The van der Waals surface area contributed by atoms with Gasteiger partial charge in [0.25, 0.3) is 0 Å². The lowest BCUT2D eigenvalue weighted by molar-refractivity contribution is 1.18. The molecule has 20 aromatic rings. The van der Waals surface area contributed by atoms with Gasteiger partial charge in [0.1, 0.15) is 0 Å². The first kappa shape index (κ1) is 65.8. The molecular weight excluding hydrogens is 1480 g/mol. The monoisotopic (exact) mass is 1550 g/mol. The molecule has 106 heavy (non-hydrogen) atoms.